The van der Waals surface area contributed by atoms with Gasteiger partial charge in [-0.3, -0.25) is 6.07 Å². The maximum absolute atomic E-state index is 10.1. The van der Waals surface area contributed by atoms with Crippen molar-refractivity contribution in [1.29, 1.82) is 0 Å². The molecule has 5 aromatic carbocycles. The molecule has 0 amide bonds. The van der Waals surface area contributed by atoms with Crippen molar-refractivity contribution in [3.05, 3.63) is 183 Å². The Morgan fingerprint density at radius 2 is 0.827 bits per heavy atom. The summed E-state index contributed by atoms with van der Waals surface area (Å²) < 4.78 is 4.34. The second-order valence-corrected chi connectivity index (χ2v) is 55.8. The normalized spacial score (nSPS) is 10.7. The summed E-state index contributed by atoms with van der Waals surface area (Å²) in [6, 6.07) is 41.7. The molecule has 5 aromatic rings. The largest absolute Gasteiger partial charge is 4.00 e. The molecule has 15 heteroatoms. The molecule has 0 aromatic heterocycles. The first-order valence-electron chi connectivity index (χ1n) is 25.8. The number of rotatable bonds is 6. The van der Waals surface area contributed by atoms with E-state index in [1.54, 1.807) is 69.3 Å². The van der Waals surface area contributed by atoms with E-state index in [0.717, 1.165) is 0 Å². The summed E-state index contributed by atoms with van der Waals surface area (Å²) in [5, 5.41) is 24.6. The maximum atomic E-state index is 10.1. The molecule has 1 aliphatic rings. The zero-order valence-corrected chi connectivity index (χ0v) is 65.6. The van der Waals surface area contributed by atoms with Crippen LogP contribution < -0.4 is 30.6 Å². The van der Waals surface area contributed by atoms with E-state index < -0.39 is 54.4 Å². The Bertz CT molecular complexity index is 2190. The predicted molar refractivity (Wildman–Crippen MR) is 350 cm³/mol. The van der Waals surface area contributed by atoms with Gasteiger partial charge in [-0.1, -0.05) is 184 Å². The second-order valence-electron chi connectivity index (χ2n) is 26.0. The van der Waals surface area contributed by atoms with Gasteiger partial charge in [0.2, 0.25) is 0 Å². The van der Waals surface area contributed by atoms with Crippen molar-refractivity contribution < 1.29 is 114 Å². The summed E-state index contributed by atoms with van der Waals surface area (Å²) in [4.78, 5) is 9.52. The van der Waals surface area contributed by atoms with Gasteiger partial charge in [0.1, 0.15) is 0 Å². The minimum Gasteiger partial charge on any atom is -0.701 e. The van der Waals surface area contributed by atoms with Crippen LogP contribution in [0.1, 0.15) is 41.5 Å². The quantitative estimate of drug-likeness (QED) is 0.0796. The van der Waals surface area contributed by atoms with Crippen LogP contribution in [0.15, 0.2) is 157 Å². The monoisotopic (exact) mass is 1400 g/mol. The minimum absolute atomic E-state index is 0. The van der Waals surface area contributed by atoms with Crippen LogP contribution in [0.3, 0.4) is 0 Å². The molecule has 1 aliphatic carbocycles. The van der Waals surface area contributed by atoms with Crippen molar-refractivity contribution in [1.82, 2.24) is 0 Å². The van der Waals surface area contributed by atoms with E-state index in [1.165, 1.54) is 6.47 Å². The van der Waals surface area contributed by atoms with E-state index in [1.807, 2.05) is 41.5 Å². The molecule has 0 fully saturated rings. The summed E-state index contributed by atoms with van der Waals surface area (Å²) in [5.41, 5.74) is 5.25. The molecule has 0 saturated carbocycles. The third kappa shape index (κ3) is 65.0. The van der Waals surface area contributed by atoms with Crippen molar-refractivity contribution in [2.45, 2.75) is 159 Å². The number of hydrogen-bond acceptors (Lipinski definition) is 4. The van der Waals surface area contributed by atoms with E-state index in [4.69, 9.17) is 30.8 Å². The van der Waals surface area contributed by atoms with E-state index in [9.17, 15) is 9.90 Å². The molecule has 0 atom stereocenters. The van der Waals surface area contributed by atoms with Crippen LogP contribution in [0.4, 0.5) is 0 Å². The summed E-state index contributed by atoms with van der Waals surface area (Å²) in [5.74, 6) is 4.38. The summed E-state index contributed by atoms with van der Waals surface area (Å²) >= 11 is 0. The van der Waals surface area contributed by atoms with E-state index in [0.29, 0.717) is 11.3 Å². The summed E-state index contributed by atoms with van der Waals surface area (Å²) in [6.07, 6.45) is 33.1. The van der Waals surface area contributed by atoms with Gasteiger partial charge in [0.15, 0.2) is 6.47 Å². The molecule has 0 aliphatic heterocycles. The smallest absolute Gasteiger partial charge is 0.701 e. The third-order valence-corrected chi connectivity index (χ3v) is 19.1. The molecule has 0 heterocycles. The molecule has 6 rings (SSSR count). The van der Waals surface area contributed by atoms with Gasteiger partial charge < -0.3 is 68.4 Å². The molecule has 0 spiro atoms. The molecule has 447 valence electrons. The molecule has 81 heavy (non-hydrogen) atoms. The zero-order chi connectivity index (χ0) is 60.3. The maximum Gasteiger partial charge on any atom is 4.00 e. The topological polar surface area (TPSA) is 69.6 Å². The minimum atomic E-state index is -1.21. The van der Waals surface area contributed by atoms with Crippen molar-refractivity contribution in [2.24, 2.45) is 10.8 Å². The summed E-state index contributed by atoms with van der Waals surface area (Å²) in [6.45, 7) is 53.8. The van der Waals surface area contributed by atoms with Crippen LogP contribution in [0.5, 0.6) is 5.75 Å². The van der Waals surface area contributed by atoms with Gasteiger partial charge in [-0.15, -0.1) is 0 Å². The van der Waals surface area contributed by atoms with Gasteiger partial charge in [-0.25, -0.2) is 58.9 Å². The molecular weight excluding hydrogens is 1300 g/mol. The molecule has 0 unspecified atom stereocenters. The van der Waals surface area contributed by atoms with Gasteiger partial charge in [-0.05, 0) is 16.4 Å². The van der Waals surface area contributed by atoms with Crippen LogP contribution in [-0.4, -0.2) is 60.0 Å². The Balaban J connectivity index is -0.000000101. The number of carbonyl (C=O) groups excluding carboxylic acids is 1. The van der Waals surface area contributed by atoms with Gasteiger partial charge in [0.25, 0.3) is 0 Å². The SMILES string of the molecule is C[Si](C)(C)c1cc[cH-]c1.C[Si](C)(C)c1cc[cH-]c1.C[Si](C)(C)c1ccc[cH-]1.C[Si](C)(C)c1ccc[cH-]1.O=[C-]Oc1ccc[cH-]1.[C-]#CC(C)(C)C.[C-]#CC(C)(C)C.[C-]#C[Si](C)(C)C.[C-]#C[Si](C)(C)C.[Cu+].[Cu].[Fe+2].[O-]C(O)=C1C=CC=C1.[Ti+4].[Ti+4]. The Morgan fingerprint density at radius 3 is 0.951 bits per heavy atom. The average molecular weight is 1400 g/mol. The Hall–Kier alpha value is -2.43. The van der Waals surface area contributed by atoms with Crippen LogP contribution in [0.25, 0.3) is 0 Å². The average Bonchev–Trinajstić information content (AvgIpc) is 4.14. The van der Waals surface area contributed by atoms with Crippen LogP contribution in [0.2, 0.25) is 118 Å². The number of aliphatic hydroxyl groups is 1. The fraction of sp³-hybridized carbons (Fsp3) is 0.394. The van der Waals surface area contributed by atoms with Crippen LogP contribution >= 0.6 is 0 Å². The third-order valence-electron chi connectivity index (χ3n) is 9.32. The first-order chi connectivity index (χ1) is 34.4. The number of hydrogen-bond donors (Lipinski definition) is 1. The molecule has 0 bridgehead atoms. The molecule has 1 radical (unpaired) electrons. The van der Waals surface area contributed by atoms with Crippen molar-refractivity contribution in [3.8, 4) is 28.7 Å². The predicted octanol–water partition coefficient (Wildman–Crippen LogP) is 15.0. The van der Waals surface area contributed by atoms with E-state index in [-0.39, 0.29) is 105 Å². The van der Waals surface area contributed by atoms with Crippen molar-refractivity contribution >= 4 is 75.7 Å². The van der Waals surface area contributed by atoms with Crippen molar-refractivity contribution in [2.75, 3.05) is 0 Å². The first-order valence-corrected chi connectivity index (χ1v) is 46.8. The number of aliphatic hydroxyl groups excluding tert-OH is 1. The Labute approximate surface area is 565 Å². The Morgan fingerprint density at radius 1 is 0.543 bits per heavy atom. The van der Waals surface area contributed by atoms with Crippen molar-refractivity contribution in [3.63, 3.8) is 0 Å². The number of ether oxygens (including phenoxy) is 1. The Kier molecular flexibility index (Phi) is 58.8. The molecule has 4 nitrogen and oxygen atoms in total. The van der Waals surface area contributed by atoms with Gasteiger partial charge in [0.05, 0.1) is 38.2 Å². The molecule has 1 N–H and O–H groups in total. The molecular formula is C66H97Cu2FeO4Si6Ti2. The summed E-state index contributed by atoms with van der Waals surface area (Å²) in [7, 11) is -6.35. The zero-order valence-electron chi connectivity index (χ0n) is 53.5. The second kappa shape index (κ2) is 48.8. The van der Waals surface area contributed by atoms with Crippen LogP contribution in [-0.2, 0) is 99.4 Å². The number of allylic oxidation sites excluding steroid dienone is 5. The van der Waals surface area contributed by atoms with Gasteiger partial charge in [-0.2, -0.15) is 82.9 Å². The van der Waals surface area contributed by atoms with Gasteiger partial charge in [0, 0.05) is 33.2 Å². The standard InChI is InChI=1S/4C8H13Si.C6H4O2.C6H6O2.2C6H9.2C5H9Si.2Cu.Fe.2Ti/c4*1-9(2,3)8-6-4-5-7-8;7-5-8-6-3-1-2-4-6;7-6(8)5-3-1-2-4-5;4*1-5-6(2,3)4;;;;;/h4*4-7H,1-3H3;1-4H;1-4,7-8H;4*2-4H3;;;;;/q4*-1;-2;;4*-1;;+1;+2;2*+4/p-1. The first kappa shape index (κ1) is 97.7. The van der Waals surface area contributed by atoms with E-state index >= 15 is 0 Å². The molecule has 0 saturated heterocycles. The van der Waals surface area contributed by atoms with E-state index in [2.05, 4.69) is 243 Å². The fourth-order valence-corrected chi connectivity index (χ4v) is 9.25. The van der Waals surface area contributed by atoms with Gasteiger partial charge >= 0.3 is 77.6 Å². The fourth-order valence-electron chi connectivity index (χ4n) is 4.49. The van der Waals surface area contributed by atoms with Crippen LogP contribution in [0, 0.1) is 59.5 Å².